The number of aromatic carboxylic acids is 1. The predicted octanol–water partition coefficient (Wildman–Crippen LogP) is 2.59. The first-order valence-electron chi connectivity index (χ1n) is 6.31. The minimum absolute atomic E-state index is 0.219. The van der Waals surface area contributed by atoms with E-state index in [2.05, 4.69) is 5.10 Å². The third kappa shape index (κ3) is 1.63. The van der Waals surface area contributed by atoms with Crippen molar-refractivity contribution in [2.45, 2.75) is 6.92 Å². The van der Waals surface area contributed by atoms with E-state index in [1.54, 1.807) is 11.7 Å². The Kier molecular flexibility index (Phi) is 2.64. The van der Waals surface area contributed by atoms with E-state index >= 15 is 0 Å². The van der Waals surface area contributed by atoms with Crippen LogP contribution < -0.4 is 0 Å². The number of hydrogen-bond donors (Lipinski definition) is 1. The summed E-state index contributed by atoms with van der Waals surface area (Å²) >= 11 is 0. The number of benzene rings is 1. The average Bonchev–Trinajstić information content (AvgIpc) is 2.91. The lowest BCUT2D eigenvalue weighted by atomic mass is 10.1. The molecule has 0 saturated heterocycles. The van der Waals surface area contributed by atoms with Crippen LogP contribution in [0.15, 0.2) is 30.5 Å². The van der Waals surface area contributed by atoms with Gasteiger partial charge < -0.3 is 9.67 Å². The summed E-state index contributed by atoms with van der Waals surface area (Å²) in [6.45, 7) is 2.05. The Morgan fingerprint density at radius 2 is 2.05 bits per heavy atom. The van der Waals surface area contributed by atoms with Crippen LogP contribution >= 0.6 is 0 Å². The molecule has 3 rings (SSSR count). The number of fused-ring (bicyclic) bond motifs is 1. The second kappa shape index (κ2) is 4.23. The molecule has 0 atom stereocenters. The molecule has 0 aliphatic carbocycles. The highest BCUT2D eigenvalue weighted by Gasteiger charge is 2.20. The van der Waals surface area contributed by atoms with Crippen molar-refractivity contribution in [3.8, 4) is 11.4 Å². The first-order chi connectivity index (χ1) is 9.50. The van der Waals surface area contributed by atoms with Crippen molar-refractivity contribution in [1.29, 1.82) is 0 Å². The number of rotatable bonds is 2. The van der Waals surface area contributed by atoms with Gasteiger partial charge in [-0.05, 0) is 18.6 Å². The first kappa shape index (κ1) is 12.5. The van der Waals surface area contributed by atoms with Gasteiger partial charge in [-0.15, -0.1) is 0 Å². The molecule has 0 spiro atoms. The van der Waals surface area contributed by atoms with E-state index in [4.69, 9.17) is 0 Å². The van der Waals surface area contributed by atoms with Gasteiger partial charge in [0.2, 0.25) is 0 Å². The Labute approximate surface area is 116 Å². The smallest absolute Gasteiger partial charge is 0.339 e. The van der Waals surface area contributed by atoms with Gasteiger partial charge in [0.15, 0.2) is 0 Å². The predicted molar refractivity (Wildman–Crippen MR) is 76.8 cm³/mol. The van der Waals surface area contributed by atoms with E-state index < -0.39 is 5.97 Å². The molecule has 0 amide bonds. The lowest BCUT2D eigenvalue weighted by Gasteiger charge is -2.07. The first-order valence-corrected chi connectivity index (χ1v) is 6.31. The quantitative estimate of drug-likeness (QED) is 0.778. The molecule has 0 aliphatic heterocycles. The average molecular weight is 269 g/mol. The summed E-state index contributed by atoms with van der Waals surface area (Å²) in [5, 5.41) is 14.5. The standard InChI is InChI=1S/C15H15N3O2/c1-9-5-4-6-10-7-12(17(2)13(9)10)14-11(15(19)20)8-16-18(14)3/h4-8H,1-3H3,(H,19,20). The minimum atomic E-state index is -0.963. The summed E-state index contributed by atoms with van der Waals surface area (Å²) in [5.74, 6) is -0.963. The Morgan fingerprint density at radius 3 is 2.70 bits per heavy atom. The molecule has 2 aromatic heterocycles. The van der Waals surface area contributed by atoms with Crippen LogP contribution in [0.1, 0.15) is 15.9 Å². The zero-order valence-electron chi connectivity index (χ0n) is 11.6. The SMILES string of the molecule is Cc1cccc2cc(-c3c(C(=O)O)cnn3C)n(C)c12. The lowest BCUT2D eigenvalue weighted by molar-refractivity contribution is 0.0697. The van der Waals surface area contributed by atoms with Crippen molar-refractivity contribution in [1.82, 2.24) is 14.3 Å². The van der Waals surface area contributed by atoms with Gasteiger partial charge in [0.1, 0.15) is 5.56 Å². The highest BCUT2D eigenvalue weighted by molar-refractivity contribution is 5.97. The molecular formula is C15H15N3O2. The van der Waals surface area contributed by atoms with Crippen LogP contribution in [0, 0.1) is 6.92 Å². The van der Waals surface area contributed by atoms with Crippen molar-refractivity contribution >= 4 is 16.9 Å². The van der Waals surface area contributed by atoms with Crippen molar-refractivity contribution < 1.29 is 9.90 Å². The van der Waals surface area contributed by atoms with Crippen molar-refractivity contribution in [2.75, 3.05) is 0 Å². The highest BCUT2D eigenvalue weighted by atomic mass is 16.4. The fourth-order valence-electron chi connectivity index (χ4n) is 2.75. The van der Waals surface area contributed by atoms with Gasteiger partial charge in [0.05, 0.1) is 23.1 Å². The number of nitrogens with zero attached hydrogens (tertiary/aromatic N) is 3. The van der Waals surface area contributed by atoms with Gasteiger partial charge in [-0.2, -0.15) is 5.10 Å². The van der Waals surface area contributed by atoms with E-state index in [1.807, 2.05) is 42.8 Å². The van der Waals surface area contributed by atoms with Crippen LogP contribution in [0.25, 0.3) is 22.3 Å². The number of para-hydroxylation sites is 1. The number of aryl methyl sites for hydroxylation is 3. The monoisotopic (exact) mass is 269 g/mol. The molecule has 0 fully saturated rings. The summed E-state index contributed by atoms with van der Waals surface area (Å²) in [4.78, 5) is 11.3. The van der Waals surface area contributed by atoms with Crippen LogP contribution in [0.3, 0.4) is 0 Å². The maximum atomic E-state index is 11.3. The van der Waals surface area contributed by atoms with E-state index in [-0.39, 0.29) is 5.56 Å². The molecule has 0 aliphatic rings. The zero-order valence-corrected chi connectivity index (χ0v) is 11.6. The van der Waals surface area contributed by atoms with E-state index in [9.17, 15) is 9.90 Å². The molecule has 5 heteroatoms. The number of carboxylic acids is 1. The molecule has 2 heterocycles. The van der Waals surface area contributed by atoms with Crippen molar-refractivity contribution in [3.63, 3.8) is 0 Å². The minimum Gasteiger partial charge on any atom is -0.478 e. The summed E-state index contributed by atoms with van der Waals surface area (Å²) in [6, 6.07) is 8.09. The van der Waals surface area contributed by atoms with Crippen LogP contribution in [-0.2, 0) is 14.1 Å². The van der Waals surface area contributed by atoms with Crippen LogP contribution in [0.2, 0.25) is 0 Å². The number of carbonyl (C=O) groups is 1. The van der Waals surface area contributed by atoms with Crippen molar-refractivity contribution in [2.24, 2.45) is 14.1 Å². The second-order valence-electron chi connectivity index (χ2n) is 4.94. The maximum absolute atomic E-state index is 11.3. The van der Waals surface area contributed by atoms with Gasteiger partial charge in [0.25, 0.3) is 0 Å². The highest BCUT2D eigenvalue weighted by Crippen LogP contribution is 2.30. The lowest BCUT2D eigenvalue weighted by Crippen LogP contribution is -2.04. The van der Waals surface area contributed by atoms with Crippen LogP contribution in [0.5, 0.6) is 0 Å². The van der Waals surface area contributed by atoms with Crippen LogP contribution in [0.4, 0.5) is 0 Å². The molecule has 102 valence electrons. The Hall–Kier alpha value is -2.56. The Morgan fingerprint density at radius 1 is 1.30 bits per heavy atom. The molecule has 0 radical (unpaired) electrons. The third-order valence-electron chi connectivity index (χ3n) is 3.67. The summed E-state index contributed by atoms with van der Waals surface area (Å²) in [5.41, 5.74) is 3.97. The van der Waals surface area contributed by atoms with Gasteiger partial charge in [-0.25, -0.2) is 4.79 Å². The number of aromatic nitrogens is 3. The van der Waals surface area contributed by atoms with Gasteiger partial charge >= 0.3 is 5.97 Å². The normalized spacial score (nSPS) is 11.2. The number of carboxylic acid groups (broad SMARTS) is 1. The molecule has 1 N–H and O–H groups in total. The fourth-order valence-corrected chi connectivity index (χ4v) is 2.75. The van der Waals surface area contributed by atoms with Crippen molar-refractivity contribution in [3.05, 3.63) is 41.6 Å². The number of hydrogen-bond acceptors (Lipinski definition) is 2. The molecule has 0 unspecified atom stereocenters. The molecule has 0 bridgehead atoms. The van der Waals surface area contributed by atoms with Gasteiger partial charge in [-0.3, -0.25) is 4.68 Å². The maximum Gasteiger partial charge on any atom is 0.339 e. The molecule has 20 heavy (non-hydrogen) atoms. The van der Waals surface area contributed by atoms with Gasteiger partial charge in [0, 0.05) is 19.5 Å². The molecule has 3 aromatic rings. The van der Waals surface area contributed by atoms with E-state index in [1.165, 1.54) is 6.20 Å². The largest absolute Gasteiger partial charge is 0.478 e. The molecule has 0 saturated carbocycles. The summed E-state index contributed by atoms with van der Waals surface area (Å²) in [7, 11) is 3.70. The zero-order chi connectivity index (χ0) is 14.4. The Balaban J connectivity index is 2.36. The second-order valence-corrected chi connectivity index (χ2v) is 4.94. The third-order valence-corrected chi connectivity index (χ3v) is 3.67. The molecule has 5 nitrogen and oxygen atoms in total. The molecular weight excluding hydrogens is 254 g/mol. The topological polar surface area (TPSA) is 60.0 Å². The Bertz CT molecular complexity index is 827. The van der Waals surface area contributed by atoms with Crippen LogP contribution in [-0.4, -0.2) is 25.4 Å². The summed E-state index contributed by atoms with van der Waals surface area (Å²) < 4.78 is 3.63. The van der Waals surface area contributed by atoms with Gasteiger partial charge in [-0.1, -0.05) is 18.2 Å². The molecule has 1 aromatic carbocycles. The summed E-state index contributed by atoms with van der Waals surface area (Å²) in [6.07, 6.45) is 1.39. The van der Waals surface area contributed by atoms with E-state index in [0.717, 1.165) is 22.2 Å². The van der Waals surface area contributed by atoms with E-state index in [0.29, 0.717) is 5.69 Å². The fraction of sp³-hybridized carbons (Fsp3) is 0.200.